The summed E-state index contributed by atoms with van der Waals surface area (Å²) >= 11 is 0. The van der Waals surface area contributed by atoms with E-state index in [1.165, 1.54) is 12.0 Å². The van der Waals surface area contributed by atoms with Crippen molar-refractivity contribution in [2.75, 3.05) is 0 Å². The van der Waals surface area contributed by atoms with Crippen molar-refractivity contribution in [1.82, 2.24) is 0 Å². The lowest BCUT2D eigenvalue weighted by Crippen LogP contribution is -2.37. The summed E-state index contributed by atoms with van der Waals surface area (Å²) in [5.41, 5.74) is 2.21. The topological polar surface area (TPSA) is 26.3 Å². The van der Waals surface area contributed by atoms with Gasteiger partial charge in [-0.15, -0.1) is 0 Å². The molecule has 1 saturated carbocycles. The standard InChI is InChI=1S/C25H32O2/c1-18(2)22-15-14-19(3)16-24(22)27-25(26)23(21-12-8-5-9-13-21)17-20-10-6-4-7-11-20/h4-13,18-19,22-24H,14-17H2,1-3H3/t19-,22-,23+,24-/m1/s1. The molecule has 0 aliphatic heterocycles. The van der Waals surface area contributed by atoms with E-state index in [4.69, 9.17) is 4.74 Å². The number of esters is 1. The molecule has 144 valence electrons. The van der Waals surface area contributed by atoms with Crippen LogP contribution < -0.4 is 0 Å². The molecule has 0 aromatic heterocycles. The van der Waals surface area contributed by atoms with Crippen molar-refractivity contribution < 1.29 is 9.53 Å². The van der Waals surface area contributed by atoms with Gasteiger partial charge in [0.25, 0.3) is 0 Å². The Balaban J connectivity index is 1.79. The molecule has 1 fully saturated rings. The molecule has 0 unspecified atom stereocenters. The molecule has 0 radical (unpaired) electrons. The highest BCUT2D eigenvalue weighted by Crippen LogP contribution is 2.36. The van der Waals surface area contributed by atoms with Gasteiger partial charge in [-0.1, -0.05) is 87.9 Å². The molecule has 27 heavy (non-hydrogen) atoms. The fourth-order valence-electron chi connectivity index (χ4n) is 4.35. The first-order valence-corrected chi connectivity index (χ1v) is 10.3. The lowest BCUT2D eigenvalue weighted by Gasteiger charge is -2.37. The summed E-state index contributed by atoms with van der Waals surface area (Å²) in [6, 6.07) is 20.3. The van der Waals surface area contributed by atoms with E-state index >= 15 is 0 Å². The van der Waals surface area contributed by atoms with Crippen LogP contribution in [0, 0.1) is 17.8 Å². The Kier molecular flexibility index (Phi) is 6.71. The molecule has 0 spiro atoms. The van der Waals surface area contributed by atoms with Gasteiger partial charge in [0.05, 0.1) is 5.92 Å². The average molecular weight is 365 g/mol. The summed E-state index contributed by atoms with van der Waals surface area (Å²) in [5.74, 6) is 1.31. The van der Waals surface area contributed by atoms with Gasteiger partial charge in [-0.3, -0.25) is 4.79 Å². The number of benzene rings is 2. The number of ether oxygens (including phenoxy) is 1. The number of rotatable bonds is 6. The average Bonchev–Trinajstić information content (AvgIpc) is 2.67. The predicted molar refractivity (Wildman–Crippen MR) is 111 cm³/mol. The molecule has 2 aromatic carbocycles. The highest BCUT2D eigenvalue weighted by Gasteiger charge is 2.35. The Labute approximate surface area is 164 Å². The van der Waals surface area contributed by atoms with Crippen LogP contribution >= 0.6 is 0 Å². The minimum atomic E-state index is -0.251. The first kappa shape index (κ1) is 19.7. The third-order valence-electron chi connectivity index (χ3n) is 6.00. The zero-order valence-electron chi connectivity index (χ0n) is 16.8. The van der Waals surface area contributed by atoms with Gasteiger partial charge in [-0.05, 0) is 48.1 Å². The third kappa shape index (κ3) is 5.22. The number of hydrogen-bond donors (Lipinski definition) is 0. The Hall–Kier alpha value is -2.09. The van der Waals surface area contributed by atoms with E-state index in [1.54, 1.807) is 0 Å². The molecule has 4 atom stereocenters. The van der Waals surface area contributed by atoms with E-state index in [-0.39, 0.29) is 18.0 Å². The first-order valence-electron chi connectivity index (χ1n) is 10.3. The van der Waals surface area contributed by atoms with E-state index in [0.29, 0.717) is 24.2 Å². The summed E-state index contributed by atoms with van der Waals surface area (Å²) in [6.45, 7) is 6.77. The van der Waals surface area contributed by atoms with Gasteiger partial charge in [-0.25, -0.2) is 0 Å². The van der Waals surface area contributed by atoms with E-state index in [1.807, 2.05) is 48.5 Å². The molecule has 3 rings (SSSR count). The smallest absolute Gasteiger partial charge is 0.314 e. The second kappa shape index (κ2) is 9.21. The quantitative estimate of drug-likeness (QED) is 0.586. The van der Waals surface area contributed by atoms with E-state index in [0.717, 1.165) is 18.4 Å². The van der Waals surface area contributed by atoms with E-state index in [9.17, 15) is 4.79 Å². The molecular weight excluding hydrogens is 332 g/mol. The van der Waals surface area contributed by atoms with Crippen molar-refractivity contribution >= 4 is 5.97 Å². The van der Waals surface area contributed by atoms with Crippen LogP contribution in [0.4, 0.5) is 0 Å². The summed E-state index contributed by atoms with van der Waals surface area (Å²) in [7, 11) is 0. The van der Waals surface area contributed by atoms with Gasteiger partial charge in [-0.2, -0.15) is 0 Å². The maximum absolute atomic E-state index is 13.3. The van der Waals surface area contributed by atoms with Gasteiger partial charge < -0.3 is 4.74 Å². The largest absolute Gasteiger partial charge is 0.462 e. The maximum Gasteiger partial charge on any atom is 0.314 e. The van der Waals surface area contributed by atoms with Crippen molar-refractivity contribution in [3.63, 3.8) is 0 Å². The van der Waals surface area contributed by atoms with Crippen molar-refractivity contribution in [3.8, 4) is 0 Å². The molecular formula is C25H32O2. The van der Waals surface area contributed by atoms with Crippen LogP contribution in [-0.4, -0.2) is 12.1 Å². The maximum atomic E-state index is 13.3. The Bertz CT molecular complexity index is 708. The van der Waals surface area contributed by atoms with Crippen molar-refractivity contribution in [2.45, 2.75) is 58.5 Å². The molecule has 1 aliphatic rings. The van der Waals surface area contributed by atoms with Crippen molar-refractivity contribution in [1.29, 1.82) is 0 Å². The second-order valence-corrected chi connectivity index (χ2v) is 8.45. The zero-order chi connectivity index (χ0) is 19.2. The SMILES string of the molecule is CC(C)[C@H]1CC[C@@H](C)C[C@H]1OC(=O)[C@@H](Cc1ccccc1)c1ccccc1. The summed E-state index contributed by atoms with van der Waals surface area (Å²) in [6.07, 6.45) is 4.11. The highest BCUT2D eigenvalue weighted by atomic mass is 16.5. The molecule has 2 aromatic rings. The molecule has 1 aliphatic carbocycles. The number of carbonyl (C=O) groups is 1. The van der Waals surface area contributed by atoms with Gasteiger partial charge in [0.15, 0.2) is 0 Å². The predicted octanol–water partition coefficient (Wildman–Crippen LogP) is 6.02. The molecule has 0 saturated heterocycles. The molecule has 2 nitrogen and oxygen atoms in total. The second-order valence-electron chi connectivity index (χ2n) is 8.45. The van der Waals surface area contributed by atoms with Crippen LogP contribution in [0.5, 0.6) is 0 Å². The lowest BCUT2D eigenvalue weighted by molar-refractivity contribution is -0.157. The van der Waals surface area contributed by atoms with Crippen molar-refractivity contribution in [3.05, 3.63) is 71.8 Å². The van der Waals surface area contributed by atoms with Crippen LogP contribution in [0.25, 0.3) is 0 Å². The summed E-state index contributed by atoms with van der Waals surface area (Å²) in [4.78, 5) is 13.3. The molecule has 0 amide bonds. The fourth-order valence-corrected chi connectivity index (χ4v) is 4.35. The van der Waals surface area contributed by atoms with Crippen molar-refractivity contribution in [2.24, 2.45) is 17.8 Å². The van der Waals surface area contributed by atoms with Gasteiger partial charge in [0.2, 0.25) is 0 Å². The third-order valence-corrected chi connectivity index (χ3v) is 6.00. The minimum absolute atomic E-state index is 0.0447. The molecule has 0 bridgehead atoms. The van der Waals surface area contributed by atoms with E-state index < -0.39 is 0 Å². The van der Waals surface area contributed by atoms with Gasteiger partial charge in [0, 0.05) is 0 Å². The normalized spacial score (nSPS) is 23.8. The molecule has 0 N–H and O–H groups in total. The first-order chi connectivity index (χ1) is 13.0. The van der Waals surface area contributed by atoms with Crippen LogP contribution in [0.1, 0.15) is 57.1 Å². The summed E-state index contributed by atoms with van der Waals surface area (Å²) < 4.78 is 6.19. The highest BCUT2D eigenvalue weighted by molar-refractivity contribution is 5.78. The number of hydrogen-bond acceptors (Lipinski definition) is 2. The molecule has 2 heteroatoms. The number of carbonyl (C=O) groups excluding carboxylic acids is 1. The fraction of sp³-hybridized carbons (Fsp3) is 0.480. The Morgan fingerprint density at radius 2 is 1.63 bits per heavy atom. The Morgan fingerprint density at radius 1 is 1.00 bits per heavy atom. The van der Waals surface area contributed by atoms with Gasteiger partial charge in [0.1, 0.15) is 6.10 Å². The monoisotopic (exact) mass is 364 g/mol. The van der Waals surface area contributed by atoms with Crippen LogP contribution in [0.3, 0.4) is 0 Å². The lowest BCUT2D eigenvalue weighted by atomic mass is 9.75. The van der Waals surface area contributed by atoms with E-state index in [2.05, 4.69) is 32.9 Å². The summed E-state index contributed by atoms with van der Waals surface area (Å²) in [5, 5.41) is 0. The zero-order valence-corrected chi connectivity index (χ0v) is 16.8. The van der Waals surface area contributed by atoms with Crippen LogP contribution in [0.15, 0.2) is 60.7 Å². The Morgan fingerprint density at radius 3 is 2.26 bits per heavy atom. The van der Waals surface area contributed by atoms with Crippen LogP contribution in [0.2, 0.25) is 0 Å². The van der Waals surface area contributed by atoms with Gasteiger partial charge >= 0.3 is 5.97 Å². The molecule has 0 heterocycles. The minimum Gasteiger partial charge on any atom is -0.462 e. The van der Waals surface area contributed by atoms with Crippen LogP contribution in [-0.2, 0) is 16.0 Å².